The van der Waals surface area contributed by atoms with Crippen LogP contribution in [0.4, 0.5) is 8.78 Å². The summed E-state index contributed by atoms with van der Waals surface area (Å²) in [5.74, 6) is -1.63. The Morgan fingerprint density at radius 1 is 1.18 bits per heavy atom. The van der Waals surface area contributed by atoms with Crippen molar-refractivity contribution in [3.05, 3.63) is 47.9 Å². The third-order valence-corrected chi connectivity index (χ3v) is 8.43. The molecular weight excluding hydrogens is 474 g/mol. The Balaban J connectivity index is 1.50. The van der Waals surface area contributed by atoms with Gasteiger partial charge in [-0.25, -0.2) is 13.8 Å². The fourth-order valence-corrected chi connectivity index (χ4v) is 5.32. The van der Waals surface area contributed by atoms with Crippen LogP contribution in [0.25, 0.3) is 22.0 Å². The third-order valence-electron chi connectivity index (χ3n) is 6.44. The number of hydrogen-bond donors (Lipinski definition) is 0. The van der Waals surface area contributed by atoms with Crippen molar-refractivity contribution in [3.63, 3.8) is 0 Å². The minimum absolute atomic E-state index is 0.0495. The van der Waals surface area contributed by atoms with Gasteiger partial charge in [0, 0.05) is 50.9 Å². The van der Waals surface area contributed by atoms with E-state index in [0.717, 1.165) is 40.4 Å². The number of rotatable bonds is 9. The molecule has 0 amide bonds. The van der Waals surface area contributed by atoms with Crippen molar-refractivity contribution < 1.29 is 18.3 Å². The van der Waals surface area contributed by atoms with Gasteiger partial charge in [-0.3, -0.25) is 0 Å². The van der Waals surface area contributed by atoms with Gasteiger partial charge in [-0.1, -0.05) is 43.4 Å². The highest BCUT2D eigenvalue weighted by Gasteiger charge is 2.35. The summed E-state index contributed by atoms with van der Waals surface area (Å²) in [4.78, 5) is 4.29. The van der Waals surface area contributed by atoms with E-state index < -0.39 is 14.0 Å². The van der Waals surface area contributed by atoms with Gasteiger partial charge in [0.15, 0.2) is 0 Å². The number of benzene rings is 1. The second kappa shape index (κ2) is 10.3. The van der Waals surface area contributed by atoms with Crippen LogP contribution in [0.2, 0.25) is 30.8 Å². The molecule has 1 aliphatic rings. The summed E-state index contributed by atoms with van der Waals surface area (Å²) in [6, 6.07) is 10.9. The first-order valence-electron chi connectivity index (χ1n) is 11.9. The molecule has 1 saturated carbocycles. The van der Waals surface area contributed by atoms with Gasteiger partial charge in [0.1, 0.15) is 17.6 Å². The first-order chi connectivity index (χ1) is 16.1. The summed E-state index contributed by atoms with van der Waals surface area (Å²) >= 11 is 6.52. The lowest BCUT2D eigenvalue weighted by Gasteiger charge is -2.28. The quantitative estimate of drug-likeness (QED) is 0.168. The van der Waals surface area contributed by atoms with E-state index >= 15 is 0 Å². The van der Waals surface area contributed by atoms with Crippen molar-refractivity contribution in [1.29, 1.82) is 0 Å². The summed E-state index contributed by atoms with van der Waals surface area (Å²) in [7, 11) is -1.16. The van der Waals surface area contributed by atoms with Gasteiger partial charge < -0.3 is 14.0 Å². The van der Waals surface area contributed by atoms with Crippen LogP contribution < -0.4 is 4.74 Å². The molecule has 0 N–H and O–H groups in total. The molecule has 0 spiro atoms. The Morgan fingerprint density at radius 3 is 2.68 bits per heavy atom. The summed E-state index contributed by atoms with van der Waals surface area (Å²) < 4.78 is 40.9. The molecule has 3 aromatic rings. The van der Waals surface area contributed by atoms with E-state index in [-0.39, 0.29) is 18.8 Å². The maximum Gasteiger partial charge on any atom is 0.248 e. The number of hydrogen-bond acceptors (Lipinski definition) is 3. The number of aromatic nitrogens is 2. The van der Waals surface area contributed by atoms with E-state index in [1.54, 1.807) is 6.20 Å². The lowest BCUT2D eigenvalue weighted by Crippen LogP contribution is -2.27. The van der Waals surface area contributed by atoms with Crippen LogP contribution in [0, 0.1) is 5.92 Å². The highest BCUT2D eigenvalue weighted by atomic mass is 35.5. The molecule has 0 atom stereocenters. The van der Waals surface area contributed by atoms with E-state index in [1.165, 1.54) is 0 Å². The van der Waals surface area contributed by atoms with Crippen LogP contribution in [-0.4, -0.2) is 36.8 Å². The van der Waals surface area contributed by atoms with Crippen molar-refractivity contribution in [1.82, 2.24) is 9.55 Å². The minimum Gasteiger partial charge on any atom is -0.493 e. The number of alkyl halides is 2. The molecule has 2 aromatic heterocycles. The molecule has 1 fully saturated rings. The Kier molecular flexibility index (Phi) is 7.65. The fraction of sp³-hybridized carbons (Fsp3) is 0.500. The Bertz CT molecular complexity index is 1120. The number of nitrogens with zero attached hydrogens (tertiary/aromatic N) is 2. The van der Waals surface area contributed by atoms with Crippen LogP contribution >= 0.6 is 11.6 Å². The minimum atomic E-state index is -2.52. The predicted molar refractivity (Wildman–Crippen MR) is 137 cm³/mol. The molecule has 1 aromatic carbocycles. The molecule has 8 heteroatoms. The molecule has 4 rings (SSSR count). The monoisotopic (exact) mass is 506 g/mol. The number of fused-ring (bicyclic) bond motifs is 1. The molecule has 4 nitrogen and oxygen atoms in total. The first kappa shape index (κ1) is 25.1. The lowest BCUT2D eigenvalue weighted by atomic mass is 9.87. The van der Waals surface area contributed by atoms with Crippen LogP contribution in [0.15, 0.2) is 42.7 Å². The summed E-state index contributed by atoms with van der Waals surface area (Å²) in [6.45, 7) is 8.65. The molecule has 0 aliphatic heterocycles. The Labute approximate surface area is 206 Å². The van der Waals surface area contributed by atoms with E-state index in [2.05, 4.69) is 35.4 Å². The highest BCUT2D eigenvalue weighted by Crippen LogP contribution is 2.38. The SMILES string of the molecule is C[Si](C)(C)CCOCn1cc(-c2cccc(OCC3CCC(F)(F)CC3)c2)c2c(Cl)nccc21. The smallest absolute Gasteiger partial charge is 0.248 e. The van der Waals surface area contributed by atoms with Gasteiger partial charge in [-0.05, 0) is 48.6 Å². The lowest BCUT2D eigenvalue weighted by molar-refractivity contribution is -0.0498. The zero-order valence-corrected chi connectivity index (χ0v) is 21.9. The van der Waals surface area contributed by atoms with Gasteiger partial charge in [-0.15, -0.1) is 0 Å². The second-order valence-corrected chi connectivity index (χ2v) is 16.5. The zero-order chi connectivity index (χ0) is 24.3. The van der Waals surface area contributed by atoms with Crippen molar-refractivity contribution in [3.8, 4) is 16.9 Å². The maximum atomic E-state index is 13.4. The fourth-order valence-electron chi connectivity index (χ4n) is 4.31. The number of ether oxygens (including phenoxy) is 2. The van der Waals surface area contributed by atoms with Crippen molar-refractivity contribution in [2.75, 3.05) is 13.2 Å². The number of halogens is 3. The van der Waals surface area contributed by atoms with Gasteiger partial charge in [-0.2, -0.15) is 0 Å². The second-order valence-electron chi connectivity index (χ2n) is 10.5. The highest BCUT2D eigenvalue weighted by molar-refractivity contribution is 6.76. The summed E-state index contributed by atoms with van der Waals surface area (Å²) in [6.07, 6.45) is 4.66. The van der Waals surface area contributed by atoms with Gasteiger partial charge in [0.05, 0.1) is 12.1 Å². The zero-order valence-electron chi connectivity index (χ0n) is 20.1. The molecule has 0 radical (unpaired) electrons. The molecule has 0 bridgehead atoms. The van der Waals surface area contributed by atoms with Gasteiger partial charge >= 0.3 is 0 Å². The molecule has 2 heterocycles. The Morgan fingerprint density at radius 2 is 1.94 bits per heavy atom. The topological polar surface area (TPSA) is 36.3 Å². The molecule has 0 unspecified atom stereocenters. The van der Waals surface area contributed by atoms with Crippen molar-refractivity contribution >= 4 is 30.6 Å². The molecular formula is C26H33ClF2N2O2Si. The summed E-state index contributed by atoms with van der Waals surface area (Å²) in [5.41, 5.74) is 2.90. The first-order valence-corrected chi connectivity index (χ1v) is 16.0. The Hall–Kier alpha value is -1.96. The molecule has 1 aliphatic carbocycles. The standard InChI is InChI=1S/C26H33ClF2N2O2Si/c1-34(2,3)14-13-32-18-31-16-22(24-23(31)9-12-30-25(24)27)20-5-4-6-21(15-20)33-17-19-7-10-26(28,29)11-8-19/h4-6,9,12,15-16,19H,7-8,10-11,13-14,17-18H2,1-3H3. The predicted octanol–water partition coefficient (Wildman–Crippen LogP) is 7.87. The largest absolute Gasteiger partial charge is 0.493 e. The van der Waals surface area contributed by atoms with E-state index in [1.807, 2.05) is 30.3 Å². The number of pyridine rings is 1. The summed E-state index contributed by atoms with van der Waals surface area (Å²) in [5, 5.41) is 1.33. The van der Waals surface area contributed by atoms with E-state index in [0.29, 0.717) is 31.3 Å². The van der Waals surface area contributed by atoms with Gasteiger partial charge in [0.2, 0.25) is 5.92 Å². The van der Waals surface area contributed by atoms with E-state index in [4.69, 9.17) is 21.1 Å². The molecule has 34 heavy (non-hydrogen) atoms. The van der Waals surface area contributed by atoms with Crippen molar-refractivity contribution in [2.24, 2.45) is 5.92 Å². The third kappa shape index (κ3) is 6.37. The normalized spacial score (nSPS) is 16.8. The van der Waals surface area contributed by atoms with Crippen LogP contribution in [0.1, 0.15) is 25.7 Å². The van der Waals surface area contributed by atoms with Crippen LogP contribution in [-0.2, 0) is 11.5 Å². The van der Waals surface area contributed by atoms with Crippen LogP contribution in [0.5, 0.6) is 5.75 Å². The van der Waals surface area contributed by atoms with Crippen molar-refractivity contribution in [2.45, 2.75) is 64.0 Å². The van der Waals surface area contributed by atoms with Crippen LogP contribution in [0.3, 0.4) is 0 Å². The van der Waals surface area contributed by atoms with E-state index in [9.17, 15) is 8.78 Å². The average Bonchev–Trinajstić information content (AvgIpc) is 3.16. The van der Waals surface area contributed by atoms with Gasteiger partial charge in [0.25, 0.3) is 0 Å². The maximum absolute atomic E-state index is 13.4. The average molecular weight is 507 g/mol. The molecule has 184 valence electrons. The molecule has 0 saturated heterocycles.